The number of benzene rings is 1. The SMILES string of the molecule is COc1cccc(-c2cc(C(C)CN)cs2)c1. The van der Waals surface area contributed by atoms with Gasteiger partial charge in [0, 0.05) is 4.88 Å². The van der Waals surface area contributed by atoms with Crippen molar-refractivity contribution in [2.75, 3.05) is 13.7 Å². The standard InChI is InChI=1S/C14H17NOS/c1-10(8-15)12-7-14(17-9-12)11-4-3-5-13(6-11)16-2/h3-7,9-10H,8,15H2,1-2H3. The Morgan fingerprint density at radius 2 is 2.18 bits per heavy atom. The van der Waals surface area contributed by atoms with Gasteiger partial charge in [-0.2, -0.15) is 0 Å². The van der Waals surface area contributed by atoms with E-state index in [-0.39, 0.29) is 0 Å². The fraction of sp³-hybridized carbons (Fsp3) is 0.286. The van der Waals surface area contributed by atoms with E-state index < -0.39 is 0 Å². The van der Waals surface area contributed by atoms with Crippen LogP contribution in [0.1, 0.15) is 18.4 Å². The minimum Gasteiger partial charge on any atom is -0.497 e. The van der Waals surface area contributed by atoms with Crippen LogP contribution in [-0.4, -0.2) is 13.7 Å². The van der Waals surface area contributed by atoms with Gasteiger partial charge in [-0.15, -0.1) is 11.3 Å². The van der Waals surface area contributed by atoms with E-state index in [1.807, 2.05) is 12.1 Å². The zero-order valence-corrected chi connectivity index (χ0v) is 11.0. The van der Waals surface area contributed by atoms with Crippen molar-refractivity contribution in [3.8, 4) is 16.2 Å². The molecule has 2 N–H and O–H groups in total. The Balaban J connectivity index is 2.30. The van der Waals surface area contributed by atoms with Crippen LogP contribution in [0.4, 0.5) is 0 Å². The van der Waals surface area contributed by atoms with E-state index in [9.17, 15) is 0 Å². The van der Waals surface area contributed by atoms with Crippen molar-refractivity contribution in [1.29, 1.82) is 0 Å². The van der Waals surface area contributed by atoms with Crippen LogP contribution in [-0.2, 0) is 0 Å². The second-order valence-electron chi connectivity index (χ2n) is 4.11. The minimum atomic E-state index is 0.422. The molecule has 1 atom stereocenters. The van der Waals surface area contributed by atoms with Gasteiger partial charge in [-0.25, -0.2) is 0 Å². The highest BCUT2D eigenvalue weighted by Crippen LogP contribution is 2.31. The number of rotatable bonds is 4. The van der Waals surface area contributed by atoms with E-state index in [1.54, 1.807) is 18.4 Å². The maximum absolute atomic E-state index is 5.68. The molecule has 3 heteroatoms. The van der Waals surface area contributed by atoms with Gasteiger partial charge in [0.15, 0.2) is 0 Å². The van der Waals surface area contributed by atoms with Crippen LogP contribution in [0.15, 0.2) is 35.7 Å². The average molecular weight is 247 g/mol. The van der Waals surface area contributed by atoms with Crippen LogP contribution in [0.5, 0.6) is 5.75 Å². The average Bonchev–Trinajstić information content (AvgIpc) is 2.87. The number of hydrogen-bond donors (Lipinski definition) is 1. The molecule has 0 aliphatic heterocycles. The highest BCUT2D eigenvalue weighted by atomic mass is 32.1. The van der Waals surface area contributed by atoms with Crippen LogP contribution in [0, 0.1) is 0 Å². The molecule has 0 bridgehead atoms. The molecule has 0 saturated carbocycles. The Kier molecular flexibility index (Phi) is 3.82. The Bertz CT molecular complexity index is 492. The Hall–Kier alpha value is -1.32. The highest BCUT2D eigenvalue weighted by molar-refractivity contribution is 7.13. The monoisotopic (exact) mass is 247 g/mol. The van der Waals surface area contributed by atoms with Crippen molar-refractivity contribution in [3.05, 3.63) is 41.3 Å². The summed E-state index contributed by atoms with van der Waals surface area (Å²) in [7, 11) is 1.69. The predicted octanol–water partition coefficient (Wildman–Crippen LogP) is 3.49. The molecule has 1 aromatic carbocycles. The first-order valence-electron chi connectivity index (χ1n) is 5.67. The Morgan fingerprint density at radius 3 is 2.88 bits per heavy atom. The lowest BCUT2D eigenvalue weighted by atomic mass is 10.0. The Morgan fingerprint density at radius 1 is 1.35 bits per heavy atom. The van der Waals surface area contributed by atoms with E-state index in [2.05, 4.69) is 30.5 Å². The van der Waals surface area contributed by atoms with Crippen LogP contribution in [0.25, 0.3) is 10.4 Å². The first-order chi connectivity index (χ1) is 8.24. The number of hydrogen-bond acceptors (Lipinski definition) is 3. The molecule has 1 heterocycles. The van der Waals surface area contributed by atoms with Gasteiger partial charge in [0.25, 0.3) is 0 Å². The van der Waals surface area contributed by atoms with Gasteiger partial charge in [-0.05, 0) is 47.2 Å². The predicted molar refractivity (Wildman–Crippen MR) is 73.8 cm³/mol. The summed E-state index contributed by atoms with van der Waals surface area (Å²) < 4.78 is 5.24. The molecule has 2 nitrogen and oxygen atoms in total. The van der Waals surface area contributed by atoms with Gasteiger partial charge in [0.05, 0.1) is 7.11 Å². The van der Waals surface area contributed by atoms with Gasteiger partial charge >= 0.3 is 0 Å². The summed E-state index contributed by atoms with van der Waals surface area (Å²) in [4.78, 5) is 1.26. The molecule has 1 unspecified atom stereocenters. The van der Waals surface area contributed by atoms with Gasteiger partial charge in [-0.3, -0.25) is 0 Å². The second-order valence-corrected chi connectivity index (χ2v) is 5.02. The highest BCUT2D eigenvalue weighted by Gasteiger charge is 2.08. The third kappa shape index (κ3) is 2.68. The number of nitrogens with two attached hydrogens (primary N) is 1. The molecule has 0 fully saturated rings. The molecule has 90 valence electrons. The van der Waals surface area contributed by atoms with E-state index in [0.717, 1.165) is 5.75 Å². The van der Waals surface area contributed by atoms with Gasteiger partial charge < -0.3 is 10.5 Å². The lowest BCUT2D eigenvalue weighted by molar-refractivity contribution is 0.415. The van der Waals surface area contributed by atoms with E-state index in [0.29, 0.717) is 12.5 Å². The third-order valence-electron chi connectivity index (χ3n) is 2.90. The summed E-state index contributed by atoms with van der Waals surface area (Å²) in [6.45, 7) is 2.84. The molecule has 0 aliphatic rings. The zero-order valence-electron chi connectivity index (χ0n) is 10.1. The minimum absolute atomic E-state index is 0.422. The van der Waals surface area contributed by atoms with Gasteiger partial charge in [0.1, 0.15) is 5.75 Å². The molecule has 0 aliphatic carbocycles. The number of ether oxygens (including phenoxy) is 1. The summed E-state index contributed by atoms with van der Waals surface area (Å²) in [5.41, 5.74) is 8.20. The summed E-state index contributed by atoms with van der Waals surface area (Å²) in [6, 6.07) is 10.4. The largest absolute Gasteiger partial charge is 0.497 e. The fourth-order valence-corrected chi connectivity index (χ4v) is 2.70. The van der Waals surface area contributed by atoms with Crippen molar-refractivity contribution < 1.29 is 4.74 Å². The molecule has 0 radical (unpaired) electrons. The third-order valence-corrected chi connectivity index (χ3v) is 3.89. The maximum Gasteiger partial charge on any atom is 0.119 e. The Labute approximate surface area is 106 Å². The summed E-state index contributed by atoms with van der Waals surface area (Å²) in [5, 5.41) is 2.19. The van der Waals surface area contributed by atoms with E-state index >= 15 is 0 Å². The second kappa shape index (κ2) is 5.34. The lowest BCUT2D eigenvalue weighted by Crippen LogP contribution is -2.07. The molecule has 1 aromatic heterocycles. The normalized spacial score (nSPS) is 12.4. The van der Waals surface area contributed by atoms with Crippen molar-refractivity contribution in [1.82, 2.24) is 0 Å². The smallest absolute Gasteiger partial charge is 0.119 e. The lowest BCUT2D eigenvalue weighted by Gasteiger charge is -2.04. The summed E-state index contributed by atoms with van der Waals surface area (Å²) >= 11 is 1.75. The zero-order chi connectivity index (χ0) is 12.3. The fourth-order valence-electron chi connectivity index (χ4n) is 1.67. The molecule has 0 amide bonds. The summed E-state index contributed by atoms with van der Waals surface area (Å²) in [6.07, 6.45) is 0. The molecular weight excluding hydrogens is 230 g/mol. The quantitative estimate of drug-likeness (QED) is 0.897. The molecule has 0 spiro atoms. The van der Waals surface area contributed by atoms with Crippen molar-refractivity contribution in [3.63, 3.8) is 0 Å². The molecule has 2 aromatic rings. The van der Waals surface area contributed by atoms with E-state index in [4.69, 9.17) is 10.5 Å². The van der Waals surface area contributed by atoms with Crippen molar-refractivity contribution in [2.45, 2.75) is 12.8 Å². The van der Waals surface area contributed by atoms with Crippen LogP contribution in [0.3, 0.4) is 0 Å². The van der Waals surface area contributed by atoms with Gasteiger partial charge in [-0.1, -0.05) is 19.1 Å². The van der Waals surface area contributed by atoms with E-state index in [1.165, 1.54) is 16.0 Å². The topological polar surface area (TPSA) is 35.2 Å². The molecular formula is C14H17NOS. The van der Waals surface area contributed by atoms with Crippen LogP contribution >= 0.6 is 11.3 Å². The first-order valence-corrected chi connectivity index (χ1v) is 6.55. The van der Waals surface area contributed by atoms with Gasteiger partial charge in [0.2, 0.25) is 0 Å². The van der Waals surface area contributed by atoms with Crippen LogP contribution in [0.2, 0.25) is 0 Å². The van der Waals surface area contributed by atoms with Crippen molar-refractivity contribution >= 4 is 11.3 Å². The molecule has 2 rings (SSSR count). The maximum atomic E-state index is 5.68. The van der Waals surface area contributed by atoms with Crippen molar-refractivity contribution in [2.24, 2.45) is 5.73 Å². The first kappa shape index (κ1) is 12.1. The number of methoxy groups -OCH3 is 1. The molecule has 17 heavy (non-hydrogen) atoms. The molecule has 0 saturated heterocycles. The van der Waals surface area contributed by atoms with Crippen LogP contribution < -0.4 is 10.5 Å². The summed E-state index contributed by atoms with van der Waals surface area (Å²) in [5.74, 6) is 1.31. The number of thiophene rings is 1.